The van der Waals surface area contributed by atoms with E-state index in [2.05, 4.69) is 14.7 Å². The van der Waals surface area contributed by atoms with Crippen LogP contribution in [0.25, 0.3) is 0 Å². The summed E-state index contributed by atoms with van der Waals surface area (Å²) in [7, 11) is 1.49. The van der Waals surface area contributed by atoms with Crippen molar-refractivity contribution in [3.8, 4) is 11.5 Å². The molecule has 0 fully saturated rings. The number of aromatic nitrogens is 2. The standard InChI is InChI=1S/C11H11ClN2O4/c1-16-9-3-7(4-15)2-8(12)11(9)17-5-10-13-6-18-14-10/h2-3,6,15H,4-5H2,1H3. The van der Waals surface area contributed by atoms with Crippen LogP contribution in [0.1, 0.15) is 11.4 Å². The fourth-order valence-electron chi connectivity index (χ4n) is 1.40. The van der Waals surface area contributed by atoms with Gasteiger partial charge in [-0.25, -0.2) is 0 Å². The minimum Gasteiger partial charge on any atom is -0.493 e. The number of methoxy groups -OCH3 is 1. The minimum absolute atomic E-state index is 0.116. The smallest absolute Gasteiger partial charge is 0.213 e. The molecule has 0 bridgehead atoms. The summed E-state index contributed by atoms with van der Waals surface area (Å²) in [6, 6.07) is 3.26. The van der Waals surface area contributed by atoms with Gasteiger partial charge in [0, 0.05) is 0 Å². The largest absolute Gasteiger partial charge is 0.493 e. The molecule has 0 aliphatic rings. The molecule has 6 nitrogen and oxygen atoms in total. The first kappa shape index (κ1) is 12.7. The number of rotatable bonds is 5. The Balaban J connectivity index is 2.20. The molecule has 0 amide bonds. The average Bonchev–Trinajstić information content (AvgIpc) is 2.89. The van der Waals surface area contributed by atoms with E-state index in [-0.39, 0.29) is 13.2 Å². The number of hydrogen-bond acceptors (Lipinski definition) is 6. The third kappa shape index (κ3) is 2.72. The van der Waals surface area contributed by atoms with E-state index >= 15 is 0 Å². The van der Waals surface area contributed by atoms with E-state index in [1.165, 1.54) is 13.5 Å². The van der Waals surface area contributed by atoms with Crippen LogP contribution in [-0.4, -0.2) is 22.4 Å². The molecule has 1 aromatic carbocycles. The van der Waals surface area contributed by atoms with Crippen molar-refractivity contribution in [2.45, 2.75) is 13.2 Å². The van der Waals surface area contributed by atoms with Gasteiger partial charge in [-0.3, -0.25) is 0 Å². The second kappa shape index (κ2) is 5.70. The van der Waals surface area contributed by atoms with Gasteiger partial charge in [0.25, 0.3) is 0 Å². The van der Waals surface area contributed by atoms with Crippen LogP contribution in [0.3, 0.4) is 0 Å². The molecule has 1 N–H and O–H groups in total. The van der Waals surface area contributed by atoms with Crippen molar-refractivity contribution in [1.29, 1.82) is 0 Å². The van der Waals surface area contributed by atoms with Gasteiger partial charge in [0.2, 0.25) is 12.2 Å². The normalized spacial score (nSPS) is 10.4. The zero-order valence-electron chi connectivity index (χ0n) is 9.59. The molecule has 96 valence electrons. The SMILES string of the molecule is COc1cc(CO)cc(Cl)c1OCc1ncon1. The van der Waals surface area contributed by atoms with E-state index in [0.29, 0.717) is 27.9 Å². The van der Waals surface area contributed by atoms with Gasteiger partial charge >= 0.3 is 0 Å². The van der Waals surface area contributed by atoms with E-state index in [0.717, 1.165) is 0 Å². The van der Waals surface area contributed by atoms with Crippen LogP contribution >= 0.6 is 11.6 Å². The highest BCUT2D eigenvalue weighted by atomic mass is 35.5. The maximum Gasteiger partial charge on any atom is 0.213 e. The molecule has 7 heteroatoms. The average molecular weight is 271 g/mol. The molecular weight excluding hydrogens is 260 g/mol. The Bertz CT molecular complexity index is 516. The summed E-state index contributed by atoms with van der Waals surface area (Å²) in [6.45, 7) is -0.00769. The molecule has 0 aliphatic heterocycles. The predicted octanol–water partition coefficient (Wildman–Crippen LogP) is 1.80. The highest BCUT2D eigenvalue weighted by molar-refractivity contribution is 6.32. The maximum atomic E-state index is 9.07. The Morgan fingerprint density at radius 1 is 1.44 bits per heavy atom. The maximum absolute atomic E-state index is 9.07. The van der Waals surface area contributed by atoms with Crippen LogP contribution in [0.15, 0.2) is 23.0 Å². The van der Waals surface area contributed by atoms with Crippen molar-refractivity contribution in [2.75, 3.05) is 7.11 Å². The lowest BCUT2D eigenvalue weighted by Gasteiger charge is -2.12. The third-order valence-corrected chi connectivity index (χ3v) is 2.51. The number of halogens is 1. The molecule has 2 rings (SSSR count). The second-order valence-corrected chi connectivity index (χ2v) is 3.81. The van der Waals surface area contributed by atoms with Crippen molar-refractivity contribution in [3.05, 3.63) is 34.9 Å². The van der Waals surface area contributed by atoms with Crippen LogP contribution in [0.4, 0.5) is 0 Å². The van der Waals surface area contributed by atoms with Crippen LogP contribution in [0, 0.1) is 0 Å². The highest BCUT2D eigenvalue weighted by Gasteiger charge is 2.13. The monoisotopic (exact) mass is 270 g/mol. The van der Waals surface area contributed by atoms with Gasteiger partial charge in [0.1, 0.15) is 0 Å². The van der Waals surface area contributed by atoms with Gasteiger partial charge in [-0.15, -0.1) is 0 Å². The molecule has 0 spiro atoms. The van der Waals surface area contributed by atoms with Crippen LogP contribution < -0.4 is 9.47 Å². The second-order valence-electron chi connectivity index (χ2n) is 3.40. The first-order chi connectivity index (χ1) is 8.74. The molecular formula is C11H11ClN2O4. The zero-order valence-corrected chi connectivity index (χ0v) is 10.3. The molecule has 0 radical (unpaired) electrons. The van der Waals surface area contributed by atoms with Crippen molar-refractivity contribution in [2.24, 2.45) is 0 Å². The molecule has 0 saturated carbocycles. The summed E-state index contributed by atoms with van der Waals surface area (Å²) in [5, 5.41) is 13.0. The molecule has 0 saturated heterocycles. The summed E-state index contributed by atoms with van der Waals surface area (Å²) in [5.74, 6) is 1.22. The fraction of sp³-hybridized carbons (Fsp3) is 0.273. The Morgan fingerprint density at radius 2 is 2.28 bits per heavy atom. The zero-order chi connectivity index (χ0) is 13.0. The summed E-state index contributed by atoms with van der Waals surface area (Å²) in [5.41, 5.74) is 0.642. The predicted molar refractivity (Wildman–Crippen MR) is 62.6 cm³/mol. The van der Waals surface area contributed by atoms with Gasteiger partial charge in [0.05, 0.1) is 18.7 Å². The lowest BCUT2D eigenvalue weighted by molar-refractivity contribution is 0.266. The van der Waals surface area contributed by atoms with Crippen molar-refractivity contribution >= 4 is 11.6 Å². The van der Waals surface area contributed by atoms with E-state index < -0.39 is 0 Å². The van der Waals surface area contributed by atoms with Crippen LogP contribution in [0.2, 0.25) is 5.02 Å². The minimum atomic E-state index is -0.124. The van der Waals surface area contributed by atoms with Crippen LogP contribution in [-0.2, 0) is 13.2 Å². The first-order valence-corrected chi connectivity index (χ1v) is 5.47. The quantitative estimate of drug-likeness (QED) is 0.893. The van der Waals surface area contributed by atoms with E-state index in [9.17, 15) is 0 Å². The Morgan fingerprint density at radius 3 is 2.89 bits per heavy atom. The van der Waals surface area contributed by atoms with Crippen LogP contribution in [0.5, 0.6) is 11.5 Å². The van der Waals surface area contributed by atoms with Gasteiger partial charge < -0.3 is 19.1 Å². The Labute approximate surface area is 108 Å². The van der Waals surface area contributed by atoms with Gasteiger partial charge in [-0.2, -0.15) is 4.98 Å². The molecule has 0 aliphatic carbocycles. The lowest BCUT2D eigenvalue weighted by atomic mass is 10.2. The Hall–Kier alpha value is -1.79. The number of aliphatic hydroxyl groups excluding tert-OH is 1. The summed E-state index contributed by atoms with van der Waals surface area (Å²) >= 11 is 6.05. The van der Waals surface area contributed by atoms with E-state index in [1.54, 1.807) is 12.1 Å². The topological polar surface area (TPSA) is 77.6 Å². The first-order valence-electron chi connectivity index (χ1n) is 5.10. The molecule has 0 unspecified atom stereocenters. The molecule has 1 aromatic heterocycles. The van der Waals surface area contributed by atoms with Crippen molar-refractivity contribution in [3.63, 3.8) is 0 Å². The fourth-order valence-corrected chi connectivity index (χ4v) is 1.69. The van der Waals surface area contributed by atoms with Gasteiger partial charge in [-0.05, 0) is 17.7 Å². The highest BCUT2D eigenvalue weighted by Crippen LogP contribution is 2.36. The third-order valence-electron chi connectivity index (χ3n) is 2.22. The molecule has 1 heterocycles. The summed E-state index contributed by atoms with van der Waals surface area (Å²) in [6.07, 6.45) is 1.21. The molecule has 0 atom stereocenters. The molecule has 2 aromatic rings. The van der Waals surface area contributed by atoms with Crippen molar-refractivity contribution in [1.82, 2.24) is 10.1 Å². The van der Waals surface area contributed by atoms with Gasteiger partial charge in [0.15, 0.2) is 18.1 Å². The number of nitrogens with zero attached hydrogens (tertiary/aromatic N) is 2. The number of ether oxygens (including phenoxy) is 2. The molecule has 18 heavy (non-hydrogen) atoms. The summed E-state index contributed by atoms with van der Waals surface area (Å²) < 4.78 is 15.2. The summed E-state index contributed by atoms with van der Waals surface area (Å²) in [4.78, 5) is 3.82. The Kier molecular flexibility index (Phi) is 4.01. The lowest BCUT2D eigenvalue weighted by Crippen LogP contribution is -2.01. The van der Waals surface area contributed by atoms with Gasteiger partial charge in [-0.1, -0.05) is 16.8 Å². The van der Waals surface area contributed by atoms with E-state index in [1.807, 2.05) is 0 Å². The number of aliphatic hydroxyl groups is 1. The van der Waals surface area contributed by atoms with E-state index in [4.69, 9.17) is 26.2 Å². The number of hydrogen-bond donors (Lipinski definition) is 1. The number of benzene rings is 1. The van der Waals surface area contributed by atoms with Crippen molar-refractivity contribution < 1.29 is 19.1 Å².